The van der Waals surface area contributed by atoms with Gasteiger partial charge in [-0.2, -0.15) is 5.26 Å². The Morgan fingerprint density at radius 2 is 1.73 bits per heavy atom. The zero-order chi connectivity index (χ0) is 21.5. The Labute approximate surface area is 175 Å². The number of hydrogen-bond acceptors (Lipinski definition) is 7. The van der Waals surface area contributed by atoms with E-state index in [1.54, 1.807) is 32.4 Å². The van der Waals surface area contributed by atoms with Gasteiger partial charge in [0.2, 0.25) is 0 Å². The van der Waals surface area contributed by atoms with Gasteiger partial charge in [-0.05, 0) is 35.9 Å². The van der Waals surface area contributed by atoms with Crippen LogP contribution in [-0.2, 0) is 6.54 Å². The van der Waals surface area contributed by atoms with Crippen LogP contribution >= 0.6 is 0 Å². The number of nitrogens with two attached hydrogens (primary N) is 1. The summed E-state index contributed by atoms with van der Waals surface area (Å²) in [6.45, 7) is 0.608. The normalized spacial score (nSPS) is 11.3. The van der Waals surface area contributed by atoms with Crippen LogP contribution in [0.1, 0.15) is 22.9 Å². The summed E-state index contributed by atoms with van der Waals surface area (Å²) in [5.74, 6) is 1.33. The van der Waals surface area contributed by atoms with Gasteiger partial charge in [-0.15, -0.1) is 0 Å². The number of methoxy groups -OCH3 is 2. The highest BCUT2D eigenvalue weighted by molar-refractivity contribution is 5.68. The number of nitriles is 1. The molecule has 0 heterocycles. The Bertz CT molecular complexity index is 1050. The van der Waals surface area contributed by atoms with Gasteiger partial charge in [0, 0.05) is 23.9 Å². The first-order valence-electron chi connectivity index (χ1n) is 9.33. The first kappa shape index (κ1) is 20.8. The Hall–Kier alpha value is -3.89. The maximum Gasteiger partial charge on any atom is 0.162 e. The molecule has 0 radical (unpaired) electrons. The monoisotopic (exact) mass is 404 g/mol. The molecular weight excluding hydrogens is 380 g/mol. The lowest BCUT2D eigenvalue weighted by atomic mass is 10.1. The molecule has 1 unspecified atom stereocenters. The molecule has 7 nitrogen and oxygen atoms in total. The van der Waals surface area contributed by atoms with E-state index in [9.17, 15) is 5.11 Å². The van der Waals surface area contributed by atoms with Crippen LogP contribution < -0.4 is 25.8 Å². The molecule has 0 aromatic heterocycles. The van der Waals surface area contributed by atoms with Gasteiger partial charge < -0.3 is 30.9 Å². The highest BCUT2D eigenvalue weighted by Gasteiger charge is 2.10. The van der Waals surface area contributed by atoms with Crippen LogP contribution in [0.4, 0.5) is 17.1 Å². The molecule has 0 aliphatic heterocycles. The van der Waals surface area contributed by atoms with E-state index in [0.717, 1.165) is 11.3 Å². The van der Waals surface area contributed by atoms with Crippen LogP contribution in [0.15, 0.2) is 60.7 Å². The zero-order valence-electron chi connectivity index (χ0n) is 16.8. The van der Waals surface area contributed by atoms with Crippen molar-refractivity contribution in [3.05, 3.63) is 77.4 Å². The predicted molar refractivity (Wildman–Crippen MR) is 117 cm³/mol. The predicted octanol–water partition coefficient (Wildman–Crippen LogP) is 3.87. The van der Waals surface area contributed by atoms with Gasteiger partial charge in [0.1, 0.15) is 0 Å². The Morgan fingerprint density at radius 1 is 1.00 bits per heavy atom. The lowest BCUT2D eigenvalue weighted by molar-refractivity contribution is 0.208. The Balaban J connectivity index is 1.63. The smallest absolute Gasteiger partial charge is 0.162 e. The van der Waals surface area contributed by atoms with Crippen LogP contribution in [0.5, 0.6) is 11.5 Å². The number of nitrogens with zero attached hydrogens (tertiary/aromatic N) is 1. The van der Waals surface area contributed by atoms with Gasteiger partial charge in [0.25, 0.3) is 0 Å². The molecule has 154 valence electrons. The largest absolute Gasteiger partial charge is 0.493 e. The van der Waals surface area contributed by atoms with E-state index in [2.05, 4.69) is 16.7 Å². The molecule has 0 saturated carbocycles. The summed E-state index contributed by atoms with van der Waals surface area (Å²) in [7, 11) is 3.20. The second-order valence-electron chi connectivity index (χ2n) is 6.63. The summed E-state index contributed by atoms with van der Waals surface area (Å²) >= 11 is 0. The average Bonchev–Trinajstić information content (AvgIpc) is 2.79. The summed E-state index contributed by atoms with van der Waals surface area (Å²) in [4.78, 5) is 0. The maximum absolute atomic E-state index is 10.5. The molecule has 0 bridgehead atoms. The molecule has 5 N–H and O–H groups in total. The van der Waals surface area contributed by atoms with Crippen LogP contribution in [0.2, 0.25) is 0 Å². The van der Waals surface area contributed by atoms with Crippen LogP contribution in [-0.4, -0.2) is 19.3 Å². The third-order valence-corrected chi connectivity index (χ3v) is 4.65. The lowest BCUT2D eigenvalue weighted by Gasteiger charge is -2.17. The van der Waals surface area contributed by atoms with Crippen molar-refractivity contribution in [1.82, 2.24) is 0 Å². The van der Waals surface area contributed by atoms with Crippen molar-refractivity contribution in [1.29, 1.82) is 5.26 Å². The van der Waals surface area contributed by atoms with Gasteiger partial charge in [0.15, 0.2) is 17.7 Å². The number of benzene rings is 3. The van der Waals surface area contributed by atoms with E-state index in [-0.39, 0.29) is 0 Å². The second-order valence-corrected chi connectivity index (χ2v) is 6.63. The number of rotatable bonds is 8. The number of nitrogen functional groups attached to an aromatic ring is 1. The van der Waals surface area contributed by atoms with Crippen molar-refractivity contribution in [2.24, 2.45) is 0 Å². The third-order valence-electron chi connectivity index (χ3n) is 4.65. The standard InChI is InChI=1S/C23H24N4O3/c1-29-21-10-8-18(12-22(21)30-2)26-14-15-3-6-17(7-4-15)23(28)27-20-11-16(13-24)5-9-19(20)25/h3-12,23,26-28H,14,25H2,1-2H3. The molecule has 0 aliphatic rings. The van der Waals surface area contributed by atoms with Gasteiger partial charge >= 0.3 is 0 Å². The molecular formula is C23H24N4O3. The van der Waals surface area contributed by atoms with Gasteiger partial charge in [-0.25, -0.2) is 0 Å². The second kappa shape index (κ2) is 9.54. The Morgan fingerprint density at radius 3 is 2.40 bits per heavy atom. The fraction of sp³-hybridized carbons (Fsp3) is 0.174. The van der Waals surface area contributed by atoms with Crippen LogP contribution in [0, 0.1) is 11.3 Å². The number of aliphatic hydroxyl groups excluding tert-OH is 1. The molecule has 7 heteroatoms. The molecule has 1 atom stereocenters. The molecule has 0 aliphatic carbocycles. The van der Waals surface area contributed by atoms with Gasteiger partial charge in [-0.1, -0.05) is 24.3 Å². The highest BCUT2D eigenvalue weighted by Crippen LogP contribution is 2.30. The van der Waals surface area contributed by atoms with Crippen molar-refractivity contribution in [2.75, 3.05) is 30.6 Å². The number of anilines is 3. The minimum absolute atomic E-state index is 0.462. The number of ether oxygens (including phenoxy) is 2. The molecule has 30 heavy (non-hydrogen) atoms. The topological polar surface area (TPSA) is 113 Å². The van der Waals surface area contributed by atoms with Crippen molar-refractivity contribution in [3.8, 4) is 17.6 Å². The number of nitrogens with one attached hydrogen (secondary N) is 2. The molecule has 0 amide bonds. The van der Waals surface area contributed by atoms with Crippen LogP contribution in [0.25, 0.3) is 0 Å². The van der Waals surface area contributed by atoms with Gasteiger partial charge in [-0.3, -0.25) is 0 Å². The third kappa shape index (κ3) is 4.93. The Kier molecular flexibility index (Phi) is 6.63. The van der Waals surface area contributed by atoms with Crippen molar-refractivity contribution >= 4 is 17.1 Å². The molecule has 0 spiro atoms. The summed E-state index contributed by atoms with van der Waals surface area (Å²) in [5.41, 5.74) is 10.0. The molecule has 0 fully saturated rings. The van der Waals surface area contributed by atoms with E-state index in [1.807, 2.05) is 42.5 Å². The summed E-state index contributed by atoms with van der Waals surface area (Å²) in [6, 6.07) is 20.1. The van der Waals surface area contributed by atoms with E-state index in [1.165, 1.54) is 0 Å². The molecule has 3 rings (SSSR count). The van der Waals surface area contributed by atoms with Crippen molar-refractivity contribution < 1.29 is 14.6 Å². The minimum Gasteiger partial charge on any atom is -0.493 e. The molecule has 0 saturated heterocycles. The van der Waals surface area contributed by atoms with Crippen molar-refractivity contribution in [3.63, 3.8) is 0 Å². The summed E-state index contributed by atoms with van der Waals surface area (Å²) < 4.78 is 10.6. The van der Waals surface area contributed by atoms with E-state index < -0.39 is 6.23 Å². The first-order chi connectivity index (χ1) is 14.5. The minimum atomic E-state index is -0.950. The molecule has 3 aromatic carbocycles. The average molecular weight is 404 g/mol. The zero-order valence-corrected chi connectivity index (χ0v) is 16.8. The first-order valence-corrected chi connectivity index (χ1v) is 9.33. The summed E-state index contributed by atoms with van der Waals surface area (Å²) in [6.07, 6.45) is -0.950. The van der Waals surface area contributed by atoms with Crippen LogP contribution in [0.3, 0.4) is 0 Å². The quantitative estimate of drug-likeness (QED) is 0.333. The maximum atomic E-state index is 10.5. The fourth-order valence-electron chi connectivity index (χ4n) is 2.95. The van der Waals surface area contributed by atoms with Crippen molar-refractivity contribution in [2.45, 2.75) is 12.8 Å². The van der Waals surface area contributed by atoms with Gasteiger partial charge in [0.05, 0.1) is 37.2 Å². The van der Waals surface area contributed by atoms with E-state index in [4.69, 9.17) is 20.5 Å². The van der Waals surface area contributed by atoms with E-state index in [0.29, 0.717) is 40.5 Å². The number of hydrogen-bond donors (Lipinski definition) is 4. The highest BCUT2D eigenvalue weighted by atomic mass is 16.5. The fourth-order valence-corrected chi connectivity index (χ4v) is 2.95. The number of aliphatic hydroxyl groups is 1. The van der Waals surface area contributed by atoms with E-state index >= 15 is 0 Å². The lowest BCUT2D eigenvalue weighted by Crippen LogP contribution is -2.11. The molecule has 3 aromatic rings. The SMILES string of the molecule is COc1ccc(NCc2ccc(C(O)Nc3cc(C#N)ccc3N)cc2)cc1OC. The summed E-state index contributed by atoms with van der Waals surface area (Å²) in [5, 5.41) is 25.8.